The van der Waals surface area contributed by atoms with Crippen LogP contribution in [-0.4, -0.2) is 30.0 Å². The van der Waals surface area contributed by atoms with Gasteiger partial charge in [0.2, 0.25) is 0 Å². The number of amides is 1. The normalized spacial score (nSPS) is 10.9. The number of nitrogens with zero attached hydrogens (tertiary/aromatic N) is 1. The molecule has 0 atom stereocenters. The smallest absolute Gasteiger partial charge is 0.344 e. The zero-order chi connectivity index (χ0) is 21.6. The highest BCUT2D eigenvalue weighted by molar-refractivity contribution is 5.93. The standard InChI is InChI=1S/C20H21FN2O6/c1-20(2,3)13-4-7-15(8-5-13)28-12-19(25)29-11-18(24)22-17-10-14(23(26)27)6-9-16(17)21/h4-10H,11-12H2,1-3H3,(H,22,24). The molecular formula is C20H21FN2O6. The molecule has 9 heteroatoms. The summed E-state index contributed by atoms with van der Waals surface area (Å²) in [5, 5.41) is 12.8. The Morgan fingerprint density at radius 3 is 2.34 bits per heavy atom. The third kappa shape index (κ3) is 6.56. The molecule has 29 heavy (non-hydrogen) atoms. The summed E-state index contributed by atoms with van der Waals surface area (Å²) in [6.45, 7) is 5.13. The van der Waals surface area contributed by atoms with Gasteiger partial charge in [0, 0.05) is 12.1 Å². The van der Waals surface area contributed by atoms with Gasteiger partial charge < -0.3 is 14.8 Å². The van der Waals surface area contributed by atoms with Gasteiger partial charge in [0.15, 0.2) is 13.2 Å². The van der Waals surface area contributed by atoms with Crippen LogP contribution in [0.5, 0.6) is 5.75 Å². The van der Waals surface area contributed by atoms with Crippen molar-refractivity contribution >= 4 is 23.3 Å². The summed E-state index contributed by atoms with van der Waals surface area (Å²) in [5.74, 6) is -2.01. The highest BCUT2D eigenvalue weighted by Gasteiger charge is 2.15. The van der Waals surface area contributed by atoms with Crippen molar-refractivity contribution < 1.29 is 28.4 Å². The van der Waals surface area contributed by atoms with E-state index in [0.29, 0.717) is 5.75 Å². The van der Waals surface area contributed by atoms with Crippen LogP contribution in [0.4, 0.5) is 15.8 Å². The number of ether oxygens (including phenoxy) is 2. The minimum absolute atomic E-state index is 0.0104. The van der Waals surface area contributed by atoms with Crippen LogP contribution in [0.15, 0.2) is 42.5 Å². The number of nitro benzene ring substituents is 1. The van der Waals surface area contributed by atoms with Gasteiger partial charge in [-0.1, -0.05) is 32.9 Å². The Morgan fingerprint density at radius 1 is 1.10 bits per heavy atom. The molecule has 0 aromatic heterocycles. The Kier molecular flexibility index (Phi) is 6.87. The summed E-state index contributed by atoms with van der Waals surface area (Å²) in [6, 6.07) is 9.94. The predicted octanol–water partition coefficient (Wildman–Crippen LogP) is 3.59. The van der Waals surface area contributed by atoms with E-state index in [4.69, 9.17) is 9.47 Å². The summed E-state index contributed by atoms with van der Waals surface area (Å²) in [7, 11) is 0. The molecule has 1 N–H and O–H groups in total. The van der Waals surface area contributed by atoms with Gasteiger partial charge in [0.25, 0.3) is 11.6 Å². The van der Waals surface area contributed by atoms with Crippen molar-refractivity contribution in [2.75, 3.05) is 18.5 Å². The van der Waals surface area contributed by atoms with E-state index < -0.39 is 35.8 Å². The Labute approximate surface area is 166 Å². The largest absolute Gasteiger partial charge is 0.482 e. The molecule has 0 unspecified atom stereocenters. The van der Waals surface area contributed by atoms with Crippen molar-refractivity contribution in [1.82, 2.24) is 0 Å². The first kappa shape index (κ1) is 21.8. The van der Waals surface area contributed by atoms with Crippen molar-refractivity contribution in [3.05, 3.63) is 64.0 Å². The van der Waals surface area contributed by atoms with Crippen molar-refractivity contribution in [3.63, 3.8) is 0 Å². The van der Waals surface area contributed by atoms with Crippen LogP contribution in [0.25, 0.3) is 0 Å². The number of benzene rings is 2. The second-order valence-corrected chi connectivity index (χ2v) is 7.19. The predicted molar refractivity (Wildman–Crippen MR) is 103 cm³/mol. The van der Waals surface area contributed by atoms with Gasteiger partial charge in [-0.3, -0.25) is 14.9 Å². The summed E-state index contributed by atoms with van der Waals surface area (Å²) in [5.41, 5.74) is 0.334. The van der Waals surface area contributed by atoms with Gasteiger partial charge in [0.1, 0.15) is 11.6 Å². The minimum Gasteiger partial charge on any atom is -0.482 e. The summed E-state index contributed by atoms with van der Waals surface area (Å²) in [4.78, 5) is 33.5. The number of carbonyl (C=O) groups excluding carboxylic acids is 2. The van der Waals surface area contributed by atoms with Crippen LogP contribution in [-0.2, 0) is 19.7 Å². The topological polar surface area (TPSA) is 108 Å². The first-order valence-corrected chi connectivity index (χ1v) is 8.69. The molecule has 0 aliphatic heterocycles. The molecule has 2 aromatic rings. The maximum Gasteiger partial charge on any atom is 0.344 e. The second-order valence-electron chi connectivity index (χ2n) is 7.19. The Balaban J connectivity index is 1.81. The lowest BCUT2D eigenvalue weighted by atomic mass is 9.87. The lowest BCUT2D eigenvalue weighted by Crippen LogP contribution is -2.24. The molecular weight excluding hydrogens is 383 g/mol. The number of anilines is 1. The van der Waals surface area contributed by atoms with Crippen LogP contribution in [0.3, 0.4) is 0 Å². The third-order valence-electron chi connectivity index (χ3n) is 3.88. The van der Waals surface area contributed by atoms with Gasteiger partial charge in [-0.05, 0) is 29.2 Å². The molecule has 0 bridgehead atoms. The van der Waals surface area contributed by atoms with E-state index in [9.17, 15) is 24.1 Å². The van der Waals surface area contributed by atoms with Gasteiger partial charge in [-0.15, -0.1) is 0 Å². The van der Waals surface area contributed by atoms with E-state index in [-0.39, 0.29) is 16.8 Å². The highest BCUT2D eigenvalue weighted by atomic mass is 19.1. The molecule has 0 spiro atoms. The molecule has 154 valence electrons. The number of esters is 1. The molecule has 0 aliphatic carbocycles. The van der Waals surface area contributed by atoms with Crippen LogP contribution in [0.1, 0.15) is 26.3 Å². The molecule has 0 saturated carbocycles. The van der Waals surface area contributed by atoms with Gasteiger partial charge in [-0.2, -0.15) is 0 Å². The van der Waals surface area contributed by atoms with Crippen LogP contribution < -0.4 is 10.1 Å². The molecule has 0 heterocycles. The summed E-state index contributed by atoms with van der Waals surface area (Å²) < 4.78 is 23.7. The van der Waals surface area contributed by atoms with E-state index in [1.165, 1.54) is 0 Å². The Morgan fingerprint density at radius 2 is 1.76 bits per heavy atom. The van der Waals surface area contributed by atoms with Crippen molar-refractivity contribution in [2.45, 2.75) is 26.2 Å². The molecule has 0 radical (unpaired) electrons. The zero-order valence-corrected chi connectivity index (χ0v) is 16.2. The van der Waals surface area contributed by atoms with E-state index >= 15 is 0 Å². The lowest BCUT2D eigenvalue weighted by molar-refractivity contribution is -0.384. The average Bonchev–Trinajstić information content (AvgIpc) is 2.66. The second kappa shape index (κ2) is 9.13. The zero-order valence-electron chi connectivity index (χ0n) is 16.2. The molecule has 2 rings (SSSR count). The molecule has 2 aromatic carbocycles. The Hall–Kier alpha value is -3.49. The molecule has 1 amide bonds. The number of hydrogen-bond donors (Lipinski definition) is 1. The summed E-state index contributed by atoms with van der Waals surface area (Å²) in [6.07, 6.45) is 0. The van der Waals surface area contributed by atoms with Gasteiger partial charge in [-0.25, -0.2) is 9.18 Å². The molecule has 0 fully saturated rings. The summed E-state index contributed by atoms with van der Waals surface area (Å²) >= 11 is 0. The molecule has 8 nitrogen and oxygen atoms in total. The fourth-order valence-corrected chi connectivity index (χ4v) is 2.29. The monoisotopic (exact) mass is 404 g/mol. The van der Waals surface area contributed by atoms with Gasteiger partial charge >= 0.3 is 5.97 Å². The average molecular weight is 404 g/mol. The molecule has 0 aliphatic rings. The maximum absolute atomic E-state index is 13.6. The van der Waals surface area contributed by atoms with E-state index in [0.717, 1.165) is 23.8 Å². The Bertz CT molecular complexity index is 906. The van der Waals surface area contributed by atoms with Crippen molar-refractivity contribution in [2.24, 2.45) is 0 Å². The number of non-ortho nitro benzene ring substituents is 1. The number of rotatable bonds is 7. The van der Waals surface area contributed by atoms with E-state index in [1.54, 1.807) is 12.1 Å². The number of nitro groups is 1. The number of carbonyl (C=O) groups is 2. The quantitative estimate of drug-likeness (QED) is 0.429. The fraction of sp³-hybridized carbons (Fsp3) is 0.300. The maximum atomic E-state index is 13.6. The van der Waals surface area contributed by atoms with Crippen LogP contribution in [0.2, 0.25) is 0 Å². The molecule has 0 saturated heterocycles. The highest BCUT2D eigenvalue weighted by Crippen LogP contribution is 2.24. The minimum atomic E-state index is -0.850. The van der Waals surface area contributed by atoms with E-state index in [1.807, 2.05) is 12.1 Å². The first-order chi connectivity index (χ1) is 13.6. The number of nitrogens with one attached hydrogen (secondary N) is 1. The fourth-order valence-electron chi connectivity index (χ4n) is 2.29. The third-order valence-corrected chi connectivity index (χ3v) is 3.88. The first-order valence-electron chi connectivity index (χ1n) is 8.69. The number of halogens is 1. The number of hydrogen-bond acceptors (Lipinski definition) is 6. The van der Waals surface area contributed by atoms with Crippen LogP contribution in [0, 0.1) is 15.9 Å². The van der Waals surface area contributed by atoms with Crippen molar-refractivity contribution in [1.29, 1.82) is 0 Å². The van der Waals surface area contributed by atoms with Crippen LogP contribution >= 0.6 is 0 Å². The van der Waals surface area contributed by atoms with E-state index in [2.05, 4.69) is 26.1 Å². The van der Waals surface area contributed by atoms with Gasteiger partial charge in [0.05, 0.1) is 10.6 Å². The lowest BCUT2D eigenvalue weighted by Gasteiger charge is -2.19. The van der Waals surface area contributed by atoms with Crippen molar-refractivity contribution in [3.8, 4) is 5.75 Å². The SMILES string of the molecule is CC(C)(C)c1ccc(OCC(=O)OCC(=O)Nc2cc([N+](=O)[O-])ccc2F)cc1.